The average Bonchev–Trinajstić information content (AvgIpc) is 2.59. The van der Waals surface area contributed by atoms with Gasteiger partial charge in [-0.05, 0) is 24.6 Å². The van der Waals surface area contributed by atoms with Crippen LogP contribution in [0.5, 0.6) is 5.75 Å². The summed E-state index contributed by atoms with van der Waals surface area (Å²) in [6.45, 7) is 1.29. The third kappa shape index (κ3) is 4.08. The summed E-state index contributed by atoms with van der Waals surface area (Å²) in [5.74, 6) is 0.216. The van der Waals surface area contributed by atoms with Crippen molar-refractivity contribution in [3.8, 4) is 5.75 Å². The number of nitro groups is 1. The number of nitro benzene ring substituents is 1. The molecule has 0 amide bonds. The highest BCUT2D eigenvalue weighted by Gasteiger charge is 2.25. The molecule has 0 unspecified atom stereocenters. The Kier molecular flexibility index (Phi) is 5.49. The second-order valence-corrected chi connectivity index (χ2v) is 5.26. The van der Waals surface area contributed by atoms with E-state index in [1.54, 1.807) is 24.3 Å². The van der Waals surface area contributed by atoms with Crippen molar-refractivity contribution in [2.75, 3.05) is 12.4 Å². The van der Waals surface area contributed by atoms with Gasteiger partial charge in [0.2, 0.25) is 0 Å². The number of Topliss-reactive ketones (excluding diaryl/α,β-unsaturated/α-hetero) is 1. The molecular formula is C17H18N2O5. The number of anilines is 1. The van der Waals surface area contributed by atoms with Crippen molar-refractivity contribution in [2.24, 2.45) is 0 Å². The van der Waals surface area contributed by atoms with Gasteiger partial charge in [0.1, 0.15) is 11.9 Å². The van der Waals surface area contributed by atoms with Crippen molar-refractivity contribution < 1.29 is 19.6 Å². The van der Waals surface area contributed by atoms with Crippen molar-refractivity contribution in [1.82, 2.24) is 0 Å². The maximum absolute atomic E-state index is 11.6. The highest BCUT2D eigenvalue weighted by Crippen LogP contribution is 2.27. The van der Waals surface area contributed by atoms with E-state index in [0.717, 1.165) is 0 Å². The molecule has 0 aliphatic rings. The number of ketones is 1. The zero-order valence-corrected chi connectivity index (χ0v) is 13.3. The van der Waals surface area contributed by atoms with E-state index in [1.807, 2.05) is 0 Å². The van der Waals surface area contributed by atoms with E-state index < -0.39 is 22.9 Å². The number of hydrogen-bond acceptors (Lipinski definition) is 6. The summed E-state index contributed by atoms with van der Waals surface area (Å²) >= 11 is 0. The molecule has 126 valence electrons. The van der Waals surface area contributed by atoms with E-state index in [0.29, 0.717) is 17.0 Å². The van der Waals surface area contributed by atoms with Crippen LogP contribution in [0.3, 0.4) is 0 Å². The van der Waals surface area contributed by atoms with E-state index in [2.05, 4.69) is 5.32 Å². The Hall–Kier alpha value is -2.93. The summed E-state index contributed by atoms with van der Waals surface area (Å²) in [6.07, 6.45) is -1.29. The van der Waals surface area contributed by atoms with Gasteiger partial charge in [-0.1, -0.05) is 18.2 Å². The number of aliphatic hydroxyl groups is 1. The summed E-state index contributed by atoms with van der Waals surface area (Å²) in [6, 6.07) is 12.0. The summed E-state index contributed by atoms with van der Waals surface area (Å²) in [7, 11) is 1.54. The van der Waals surface area contributed by atoms with Crippen molar-refractivity contribution in [1.29, 1.82) is 0 Å². The van der Waals surface area contributed by atoms with Crippen LogP contribution in [0.15, 0.2) is 48.5 Å². The van der Waals surface area contributed by atoms with Crippen molar-refractivity contribution in [3.63, 3.8) is 0 Å². The quantitative estimate of drug-likeness (QED) is 0.598. The second-order valence-electron chi connectivity index (χ2n) is 5.26. The SMILES string of the molecule is COc1cccc(N[C@H](c2ccc([N+](=O)[O-])cc2)[C@H](O)C(C)=O)c1. The number of rotatable bonds is 7. The molecule has 7 heteroatoms. The van der Waals surface area contributed by atoms with Crippen LogP contribution in [0.1, 0.15) is 18.5 Å². The Labute approximate surface area is 139 Å². The summed E-state index contributed by atoms with van der Waals surface area (Å²) in [5.41, 5.74) is 1.15. The molecule has 2 N–H and O–H groups in total. The number of benzene rings is 2. The van der Waals surface area contributed by atoms with E-state index in [1.165, 1.54) is 38.3 Å². The fourth-order valence-corrected chi connectivity index (χ4v) is 2.28. The van der Waals surface area contributed by atoms with Gasteiger partial charge in [0, 0.05) is 23.9 Å². The molecule has 0 aromatic heterocycles. The monoisotopic (exact) mass is 330 g/mol. The van der Waals surface area contributed by atoms with Gasteiger partial charge in [0.15, 0.2) is 5.78 Å². The van der Waals surface area contributed by atoms with Crippen LogP contribution in [-0.2, 0) is 4.79 Å². The first kappa shape index (κ1) is 17.4. The summed E-state index contributed by atoms with van der Waals surface area (Å²) < 4.78 is 5.15. The van der Waals surface area contributed by atoms with E-state index >= 15 is 0 Å². The minimum Gasteiger partial charge on any atom is -0.497 e. The van der Waals surface area contributed by atoms with Gasteiger partial charge < -0.3 is 15.2 Å². The van der Waals surface area contributed by atoms with E-state index in [-0.39, 0.29) is 5.69 Å². The highest BCUT2D eigenvalue weighted by molar-refractivity contribution is 5.81. The molecule has 7 nitrogen and oxygen atoms in total. The lowest BCUT2D eigenvalue weighted by Crippen LogP contribution is -2.31. The zero-order valence-electron chi connectivity index (χ0n) is 13.3. The number of nitrogens with one attached hydrogen (secondary N) is 1. The van der Waals surface area contributed by atoms with Crippen LogP contribution < -0.4 is 10.1 Å². The molecule has 0 radical (unpaired) electrons. The first-order valence-corrected chi connectivity index (χ1v) is 7.26. The molecule has 0 aliphatic carbocycles. The van der Waals surface area contributed by atoms with E-state index in [4.69, 9.17) is 4.74 Å². The first-order chi connectivity index (χ1) is 11.4. The van der Waals surface area contributed by atoms with Crippen LogP contribution in [0.25, 0.3) is 0 Å². The fraction of sp³-hybridized carbons (Fsp3) is 0.235. The molecule has 2 rings (SSSR count). The number of aliphatic hydroxyl groups excluding tert-OH is 1. The predicted octanol–water partition coefficient (Wildman–Crippen LogP) is 2.71. The molecule has 0 fully saturated rings. The summed E-state index contributed by atoms with van der Waals surface area (Å²) in [4.78, 5) is 21.9. The second kappa shape index (κ2) is 7.56. The van der Waals surface area contributed by atoms with Crippen molar-refractivity contribution in [2.45, 2.75) is 19.1 Å². The van der Waals surface area contributed by atoms with Gasteiger partial charge in [0.25, 0.3) is 5.69 Å². The van der Waals surface area contributed by atoms with Gasteiger partial charge in [-0.25, -0.2) is 0 Å². The van der Waals surface area contributed by atoms with Gasteiger partial charge >= 0.3 is 0 Å². The topological polar surface area (TPSA) is 102 Å². The number of nitrogens with zero attached hydrogens (tertiary/aromatic N) is 1. The smallest absolute Gasteiger partial charge is 0.269 e. The zero-order chi connectivity index (χ0) is 17.7. The van der Waals surface area contributed by atoms with Gasteiger partial charge in [-0.2, -0.15) is 0 Å². The number of non-ortho nitro benzene ring substituents is 1. The number of carbonyl (C=O) groups excluding carboxylic acids is 1. The Morgan fingerprint density at radius 1 is 1.25 bits per heavy atom. The molecular weight excluding hydrogens is 312 g/mol. The van der Waals surface area contributed by atoms with Crippen LogP contribution in [-0.4, -0.2) is 29.0 Å². The minimum absolute atomic E-state index is 0.0591. The molecule has 0 saturated heterocycles. The van der Waals surface area contributed by atoms with Crippen LogP contribution in [0.4, 0.5) is 11.4 Å². The number of methoxy groups -OCH3 is 1. The maximum atomic E-state index is 11.6. The maximum Gasteiger partial charge on any atom is 0.269 e. The standard InChI is InChI=1S/C17H18N2O5/c1-11(20)17(21)16(12-6-8-14(9-7-12)19(22)23)18-13-4-3-5-15(10-13)24-2/h3-10,16-18,21H,1-2H3/t16-,17-/m1/s1. The lowest BCUT2D eigenvalue weighted by Gasteiger charge is -2.24. The molecule has 0 saturated carbocycles. The van der Waals surface area contributed by atoms with Gasteiger partial charge in [-0.15, -0.1) is 0 Å². The third-order valence-corrected chi connectivity index (χ3v) is 3.59. The Balaban J connectivity index is 2.33. The van der Waals surface area contributed by atoms with Gasteiger partial charge in [-0.3, -0.25) is 14.9 Å². The van der Waals surface area contributed by atoms with Crippen molar-refractivity contribution in [3.05, 3.63) is 64.2 Å². The predicted molar refractivity (Wildman–Crippen MR) is 89.1 cm³/mol. The van der Waals surface area contributed by atoms with Gasteiger partial charge in [0.05, 0.1) is 18.1 Å². The Morgan fingerprint density at radius 2 is 1.92 bits per heavy atom. The lowest BCUT2D eigenvalue weighted by molar-refractivity contribution is -0.384. The van der Waals surface area contributed by atoms with Crippen molar-refractivity contribution >= 4 is 17.2 Å². The average molecular weight is 330 g/mol. The molecule has 24 heavy (non-hydrogen) atoms. The molecule has 0 aliphatic heterocycles. The molecule has 2 atom stereocenters. The molecule has 0 spiro atoms. The molecule has 0 heterocycles. The Morgan fingerprint density at radius 3 is 2.46 bits per heavy atom. The first-order valence-electron chi connectivity index (χ1n) is 7.26. The molecule has 0 bridgehead atoms. The van der Waals surface area contributed by atoms with E-state index in [9.17, 15) is 20.0 Å². The van der Waals surface area contributed by atoms with Crippen LogP contribution in [0.2, 0.25) is 0 Å². The van der Waals surface area contributed by atoms with Crippen LogP contribution >= 0.6 is 0 Å². The number of hydrogen-bond donors (Lipinski definition) is 2. The fourth-order valence-electron chi connectivity index (χ4n) is 2.28. The number of ether oxygens (including phenoxy) is 1. The van der Waals surface area contributed by atoms with Crippen LogP contribution in [0, 0.1) is 10.1 Å². The minimum atomic E-state index is -1.29. The summed E-state index contributed by atoms with van der Waals surface area (Å²) in [5, 5.41) is 24.1. The normalized spacial score (nSPS) is 13.0. The third-order valence-electron chi connectivity index (χ3n) is 3.59. The lowest BCUT2D eigenvalue weighted by atomic mass is 9.98. The largest absolute Gasteiger partial charge is 0.497 e. The molecule has 2 aromatic rings. The highest BCUT2D eigenvalue weighted by atomic mass is 16.6. The molecule has 2 aromatic carbocycles. The number of carbonyl (C=O) groups is 1. The Bertz CT molecular complexity index is 730.